The summed E-state index contributed by atoms with van der Waals surface area (Å²) in [6, 6.07) is 8.32. The third kappa shape index (κ3) is 2.12. The third-order valence-corrected chi connectivity index (χ3v) is 2.22. The Hall–Kier alpha value is -2.88. The highest BCUT2D eigenvalue weighted by atomic mass is 16.6. The molecule has 0 aliphatic rings. The van der Waals surface area contributed by atoms with Crippen LogP contribution in [0.2, 0.25) is 0 Å². The lowest BCUT2D eigenvalue weighted by Crippen LogP contribution is -1.96. The smallest absolute Gasteiger partial charge is 0.427 e. The van der Waals surface area contributed by atoms with E-state index in [9.17, 15) is 10.1 Å². The fourth-order valence-corrected chi connectivity index (χ4v) is 1.39. The van der Waals surface area contributed by atoms with Gasteiger partial charge in [-0.25, -0.2) is 0 Å². The number of rotatable bonds is 3. The van der Waals surface area contributed by atoms with E-state index >= 15 is 0 Å². The lowest BCUT2D eigenvalue weighted by Gasteiger charge is -2.05. The molecule has 2 rings (SSSR count). The Labute approximate surface area is 102 Å². The maximum absolute atomic E-state index is 10.7. The van der Waals surface area contributed by atoms with Crippen LogP contribution in [0.15, 0.2) is 30.6 Å². The molecule has 0 amide bonds. The molecule has 1 heterocycles. The van der Waals surface area contributed by atoms with E-state index in [1.165, 1.54) is 17.0 Å². The van der Waals surface area contributed by atoms with Gasteiger partial charge in [-0.1, -0.05) is 6.07 Å². The highest BCUT2D eigenvalue weighted by Gasteiger charge is 2.22. The van der Waals surface area contributed by atoms with Crippen LogP contribution in [-0.2, 0) is 7.05 Å². The number of benzene rings is 1. The second-order valence-electron chi connectivity index (χ2n) is 3.48. The molecule has 90 valence electrons. The Bertz CT molecular complexity index is 642. The van der Waals surface area contributed by atoms with Gasteiger partial charge in [0.25, 0.3) is 0 Å². The minimum atomic E-state index is -0.622. The number of nitrogens with zero attached hydrogens (tertiary/aromatic N) is 4. The van der Waals surface area contributed by atoms with Gasteiger partial charge in [-0.3, -0.25) is 4.57 Å². The van der Waals surface area contributed by atoms with Crippen molar-refractivity contribution >= 4 is 5.82 Å². The minimum absolute atomic E-state index is 0.0232. The van der Waals surface area contributed by atoms with Gasteiger partial charge in [0.1, 0.15) is 5.75 Å². The van der Waals surface area contributed by atoms with Gasteiger partial charge in [0.2, 0.25) is 6.33 Å². The van der Waals surface area contributed by atoms with Crippen LogP contribution in [0.25, 0.3) is 0 Å². The van der Waals surface area contributed by atoms with Crippen LogP contribution in [0.4, 0.5) is 5.82 Å². The van der Waals surface area contributed by atoms with Crippen LogP contribution in [0, 0.1) is 21.4 Å². The number of imidazole rings is 1. The summed E-state index contributed by atoms with van der Waals surface area (Å²) >= 11 is 0. The summed E-state index contributed by atoms with van der Waals surface area (Å²) in [4.78, 5) is 13.8. The molecule has 0 bridgehead atoms. The maximum atomic E-state index is 10.7. The second-order valence-corrected chi connectivity index (χ2v) is 3.48. The molecule has 18 heavy (non-hydrogen) atoms. The molecule has 0 atom stereocenters. The van der Waals surface area contributed by atoms with Gasteiger partial charge in [0, 0.05) is 7.05 Å². The second kappa shape index (κ2) is 4.55. The number of hydrogen-bond donors (Lipinski definition) is 0. The molecule has 0 fully saturated rings. The van der Waals surface area contributed by atoms with Gasteiger partial charge >= 0.3 is 11.7 Å². The number of aromatic nitrogens is 2. The number of nitriles is 1. The molecular formula is C11H8N4O3. The van der Waals surface area contributed by atoms with Crippen LogP contribution in [-0.4, -0.2) is 14.5 Å². The first kappa shape index (κ1) is 11.6. The van der Waals surface area contributed by atoms with E-state index in [1.807, 2.05) is 6.07 Å². The van der Waals surface area contributed by atoms with E-state index in [0.29, 0.717) is 11.3 Å². The van der Waals surface area contributed by atoms with Crippen molar-refractivity contribution in [2.24, 2.45) is 7.05 Å². The van der Waals surface area contributed by atoms with Crippen molar-refractivity contribution in [1.29, 1.82) is 5.26 Å². The Balaban J connectivity index is 2.37. The van der Waals surface area contributed by atoms with Crippen LogP contribution in [0.5, 0.6) is 11.6 Å². The molecule has 0 N–H and O–H groups in total. The van der Waals surface area contributed by atoms with E-state index in [1.54, 1.807) is 25.2 Å². The maximum Gasteiger partial charge on any atom is 0.427 e. The molecule has 1 aromatic heterocycles. The van der Waals surface area contributed by atoms with E-state index < -0.39 is 4.92 Å². The van der Waals surface area contributed by atoms with Gasteiger partial charge in [0.05, 0.1) is 11.6 Å². The molecule has 0 saturated heterocycles. The van der Waals surface area contributed by atoms with Gasteiger partial charge in [0.15, 0.2) is 0 Å². The zero-order valence-electron chi connectivity index (χ0n) is 9.40. The highest BCUT2D eigenvalue weighted by molar-refractivity contribution is 5.41. The molecule has 0 aliphatic heterocycles. The van der Waals surface area contributed by atoms with Crippen molar-refractivity contribution in [3.05, 3.63) is 46.3 Å². The molecule has 0 unspecified atom stereocenters. The summed E-state index contributed by atoms with van der Waals surface area (Å²) in [5, 5.41) is 19.5. The SMILES string of the molecule is Cn1cnc([N+](=O)[O-])c1Oc1cccc(C#N)c1. The van der Waals surface area contributed by atoms with Crippen molar-refractivity contribution in [3.63, 3.8) is 0 Å². The van der Waals surface area contributed by atoms with Gasteiger partial charge in [-0.15, -0.1) is 0 Å². The van der Waals surface area contributed by atoms with Crippen molar-refractivity contribution in [1.82, 2.24) is 9.55 Å². The largest absolute Gasteiger partial charge is 0.434 e. The topological polar surface area (TPSA) is 94.0 Å². The van der Waals surface area contributed by atoms with Crippen LogP contribution >= 0.6 is 0 Å². The normalized spacial score (nSPS) is 9.78. The molecule has 1 aromatic carbocycles. The zero-order valence-corrected chi connectivity index (χ0v) is 9.40. The first-order valence-corrected chi connectivity index (χ1v) is 4.95. The van der Waals surface area contributed by atoms with Crippen molar-refractivity contribution in [2.45, 2.75) is 0 Å². The van der Waals surface area contributed by atoms with Crippen LogP contribution in [0.3, 0.4) is 0 Å². The Kier molecular flexibility index (Phi) is 2.93. The van der Waals surface area contributed by atoms with Crippen molar-refractivity contribution < 1.29 is 9.66 Å². The molecular weight excluding hydrogens is 236 g/mol. The fraction of sp³-hybridized carbons (Fsp3) is 0.0909. The van der Waals surface area contributed by atoms with Gasteiger partial charge in [-0.05, 0) is 28.1 Å². The monoisotopic (exact) mass is 244 g/mol. The first-order valence-electron chi connectivity index (χ1n) is 4.95. The summed E-state index contributed by atoms with van der Waals surface area (Å²) in [6.07, 6.45) is 1.29. The fourth-order valence-electron chi connectivity index (χ4n) is 1.39. The predicted molar refractivity (Wildman–Crippen MR) is 61.1 cm³/mol. The minimum Gasteiger partial charge on any atom is -0.434 e. The number of ether oxygens (including phenoxy) is 1. The summed E-state index contributed by atoms with van der Waals surface area (Å²) in [6.45, 7) is 0. The third-order valence-electron chi connectivity index (χ3n) is 2.22. The number of hydrogen-bond acceptors (Lipinski definition) is 5. The molecule has 7 heteroatoms. The standard InChI is InChI=1S/C11H8N4O3/c1-14-7-13-10(15(16)17)11(14)18-9-4-2-3-8(5-9)6-12/h2-5,7H,1H3. The molecule has 0 aliphatic carbocycles. The number of aryl methyl sites for hydroxylation is 1. The van der Waals surface area contributed by atoms with E-state index in [0.717, 1.165) is 0 Å². The quantitative estimate of drug-likeness (QED) is 0.607. The average Bonchev–Trinajstić information content (AvgIpc) is 2.71. The van der Waals surface area contributed by atoms with Crippen LogP contribution < -0.4 is 4.74 Å². The van der Waals surface area contributed by atoms with Gasteiger partial charge in [-0.2, -0.15) is 5.26 Å². The summed E-state index contributed by atoms with van der Waals surface area (Å²) in [5.41, 5.74) is 0.414. The van der Waals surface area contributed by atoms with E-state index in [2.05, 4.69) is 4.98 Å². The Morgan fingerprint density at radius 3 is 3.00 bits per heavy atom. The summed E-state index contributed by atoms with van der Waals surface area (Å²) < 4.78 is 6.79. The average molecular weight is 244 g/mol. The van der Waals surface area contributed by atoms with Crippen LogP contribution in [0.1, 0.15) is 5.56 Å². The molecule has 7 nitrogen and oxygen atoms in total. The van der Waals surface area contributed by atoms with Crippen molar-refractivity contribution in [2.75, 3.05) is 0 Å². The lowest BCUT2D eigenvalue weighted by atomic mass is 10.2. The first-order chi connectivity index (χ1) is 8.61. The number of nitro groups is 1. The molecule has 0 spiro atoms. The summed E-state index contributed by atoms with van der Waals surface area (Å²) in [5.74, 6) is 0.00991. The summed E-state index contributed by atoms with van der Waals surface area (Å²) in [7, 11) is 1.59. The lowest BCUT2D eigenvalue weighted by molar-refractivity contribution is -0.390. The van der Waals surface area contributed by atoms with Crippen molar-refractivity contribution in [3.8, 4) is 17.7 Å². The molecule has 0 radical (unpaired) electrons. The van der Waals surface area contributed by atoms with Gasteiger partial charge < -0.3 is 14.9 Å². The molecule has 0 saturated carbocycles. The zero-order chi connectivity index (χ0) is 13.1. The van der Waals surface area contributed by atoms with E-state index in [4.69, 9.17) is 10.00 Å². The predicted octanol–water partition coefficient (Wildman–Crippen LogP) is 1.99. The highest BCUT2D eigenvalue weighted by Crippen LogP contribution is 2.29. The van der Waals surface area contributed by atoms with E-state index in [-0.39, 0.29) is 11.7 Å². The Morgan fingerprint density at radius 2 is 2.33 bits per heavy atom. The Morgan fingerprint density at radius 1 is 1.56 bits per heavy atom. The molecule has 2 aromatic rings.